The molecule has 0 saturated carbocycles. The lowest BCUT2D eigenvalue weighted by Gasteiger charge is -2.27. The first-order valence-corrected chi connectivity index (χ1v) is 5.87. The van der Waals surface area contributed by atoms with Crippen molar-refractivity contribution in [3.05, 3.63) is 20.9 Å². The molecule has 0 aliphatic carbocycles. The van der Waals surface area contributed by atoms with Gasteiger partial charge in [-0.3, -0.25) is 0 Å². The Labute approximate surface area is 102 Å². The maximum absolute atomic E-state index is 5.90. The molecule has 1 aromatic heterocycles. The van der Waals surface area contributed by atoms with E-state index < -0.39 is 0 Å². The van der Waals surface area contributed by atoms with E-state index in [1.807, 2.05) is 12.1 Å². The first kappa shape index (κ1) is 10.4. The molecule has 0 aromatic carbocycles. The average molecular weight is 325 g/mol. The molecule has 76 valence electrons. The zero-order valence-electron chi connectivity index (χ0n) is 7.54. The fourth-order valence-electron chi connectivity index (χ4n) is 1.41. The number of rotatable bonds is 1. The molecule has 0 bridgehead atoms. The highest BCUT2D eigenvalue weighted by atomic mass is 127. The summed E-state index contributed by atoms with van der Waals surface area (Å²) in [6.45, 7) is 3.32. The third kappa shape index (κ3) is 2.49. The van der Waals surface area contributed by atoms with Crippen LogP contribution in [0.25, 0.3) is 0 Å². The summed E-state index contributed by atoms with van der Waals surface area (Å²) in [6, 6.07) is 3.89. The number of aromatic nitrogens is 1. The van der Waals surface area contributed by atoms with Crippen LogP contribution >= 0.6 is 34.2 Å². The van der Waals surface area contributed by atoms with Gasteiger partial charge in [-0.25, -0.2) is 4.98 Å². The van der Waals surface area contributed by atoms with Gasteiger partial charge in [-0.05, 0) is 34.7 Å². The number of anilines is 1. The van der Waals surface area contributed by atoms with Crippen molar-refractivity contribution in [2.45, 2.75) is 0 Å². The number of pyridine rings is 1. The smallest absolute Gasteiger partial charge is 0.132 e. The largest absolute Gasteiger partial charge is 0.378 e. The molecule has 5 heteroatoms. The Morgan fingerprint density at radius 1 is 1.36 bits per heavy atom. The van der Waals surface area contributed by atoms with Gasteiger partial charge in [0, 0.05) is 16.7 Å². The molecule has 1 aromatic rings. The predicted octanol–water partition coefficient (Wildman–Crippen LogP) is 2.18. The highest BCUT2D eigenvalue weighted by Crippen LogP contribution is 2.20. The lowest BCUT2D eigenvalue weighted by atomic mass is 10.4. The van der Waals surface area contributed by atoms with Crippen LogP contribution in [0.15, 0.2) is 12.1 Å². The number of hydrogen-bond donors (Lipinski definition) is 0. The molecule has 0 spiro atoms. The van der Waals surface area contributed by atoms with Crippen molar-refractivity contribution >= 4 is 40.0 Å². The summed E-state index contributed by atoms with van der Waals surface area (Å²) < 4.78 is 6.39. The molecule has 0 N–H and O–H groups in total. The summed E-state index contributed by atoms with van der Waals surface area (Å²) >= 11 is 8.14. The lowest BCUT2D eigenvalue weighted by molar-refractivity contribution is 0.122. The van der Waals surface area contributed by atoms with Crippen LogP contribution in [0.5, 0.6) is 0 Å². The molecule has 0 radical (unpaired) electrons. The average Bonchev–Trinajstić information content (AvgIpc) is 2.18. The minimum absolute atomic E-state index is 0.554. The Morgan fingerprint density at radius 2 is 2.07 bits per heavy atom. The van der Waals surface area contributed by atoms with E-state index in [4.69, 9.17) is 16.3 Å². The summed E-state index contributed by atoms with van der Waals surface area (Å²) in [4.78, 5) is 6.48. The van der Waals surface area contributed by atoms with Gasteiger partial charge >= 0.3 is 0 Å². The molecule has 2 rings (SSSR count). The molecule has 1 saturated heterocycles. The van der Waals surface area contributed by atoms with Gasteiger partial charge < -0.3 is 9.64 Å². The number of hydrogen-bond acceptors (Lipinski definition) is 3. The SMILES string of the molecule is Clc1cc(I)cc(N2CCOCC2)n1. The van der Waals surface area contributed by atoms with E-state index in [0.717, 1.165) is 35.7 Å². The minimum atomic E-state index is 0.554. The molecule has 0 amide bonds. The maximum atomic E-state index is 5.90. The van der Waals surface area contributed by atoms with Crippen LogP contribution in [0.2, 0.25) is 5.15 Å². The van der Waals surface area contributed by atoms with Crippen LogP contribution in [0.3, 0.4) is 0 Å². The predicted molar refractivity (Wildman–Crippen MR) is 65.0 cm³/mol. The van der Waals surface area contributed by atoms with Gasteiger partial charge in [0.25, 0.3) is 0 Å². The van der Waals surface area contributed by atoms with Crippen molar-refractivity contribution in [1.82, 2.24) is 4.98 Å². The number of halogens is 2. The van der Waals surface area contributed by atoms with Gasteiger partial charge in [0.15, 0.2) is 0 Å². The van der Waals surface area contributed by atoms with Gasteiger partial charge in [-0.1, -0.05) is 11.6 Å². The molecule has 0 atom stereocenters. The van der Waals surface area contributed by atoms with E-state index in [0.29, 0.717) is 5.15 Å². The summed E-state index contributed by atoms with van der Waals surface area (Å²) in [5.74, 6) is 0.949. The number of ether oxygens (including phenoxy) is 1. The van der Waals surface area contributed by atoms with Crippen molar-refractivity contribution in [3.8, 4) is 0 Å². The van der Waals surface area contributed by atoms with Crippen LogP contribution in [0.4, 0.5) is 5.82 Å². The molecule has 2 heterocycles. The minimum Gasteiger partial charge on any atom is -0.378 e. The standard InChI is InChI=1S/C9H10ClIN2O/c10-8-5-7(11)6-9(12-8)13-1-3-14-4-2-13/h5-6H,1-4H2. The van der Waals surface area contributed by atoms with Gasteiger partial charge in [0.05, 0.1) is 13.2 Å². The molecule has 0 unspecified atom stereocenters. The van der Waals surface area contributed by atoms with E-state index in [9.17, 15) is 0 Å². The zero-order chi connectivity index (χ0) is 9.97. The number of morpholine rings is 1. The fraction of sp³-hybridized carbons (Fsp3) is 0.444. The third-order valence-corrected chi connectivity index (χ3v) is 2.90. The van der Waals surface area contributed by atoms with Crippen LogP contribution in [-0.4, -0.2) is 31.3 Å². The van der Waals surface area contributed by atoms with Gasteiger partial charge in [0.2, 0.25) is 0 Å². The molecule has 1 aliphatic rings. The summed E-state index contributed by atoms with van der Waals surface area (Å²) in [6.07, 6.45) is 0. The van der Waals surface area contributed by atoms with Crippen molar-refractivity contribution in [1.29, 1.82) is 0 Å². The maximum Gasteiger partial charge on any atom is 0.132 e. The van der Waals surface area contributed by atoms with E-state index in [1.54, 1.807) is 0 Å². The molecular weight excluding hydrogens is 314 g/mol. The Kier molecular flexibility index (Phi) is 3.46. The second kappa shape index (κ2) is 4.63. The Bertz CT molecular complexity index is 308. The molecule has 1 fully saturated rings. The van der Waals surface area contributed by atoms with Crippen molar-refractivity contribution in [2.75, 3.05) is 31.2 Å². The second-order valence-electron chi connectivity index (χ2n) is 3.07. The van der Waals surface area contributed by atoms with Crippen LogP contribution < -0.4 is 4.90 Å². The first-order chi connectivity index (χ1) is 6.75. The van der Waals surface area contributed by atoms with E-state index in [1.165, 1.54) is 0 Å². The topological polar surface area (TPSA) is 25.4 Å². The molecule has 3 nitrogen and oxygen atoms in total. The molecule has 14 heavy (non-hydrogen) atoms. The van der Waals surface area contributed by atoms with Crippen molar-refractivity contribution in [3.63, 3.8) is 0 Å². The van der Waals surface area contributed by atoms with Gasteiger partial charge in [0.1, 0.15) is 11.0 Å². The Morgan fingerprint density at radius 3 is 2.71 bits per heavy atom. The fourth-order valence-corrected chi connectivity index (χ4v) is 2.37. The first-order valence-electron chi connectivity index (χ1n) is 4.41. The van der Waals surface area contributed by atoms with Crippen molar-refractivity contribution < 1.29 is 4.74 Å². The quantitative estimate of drug-likeness (QED) is 0.585. The van der Waals surface area contributed by atoms with Crippen molar-refractivity contribution in [2.24, 2.45) is 0 Å². The van der Waals surface area contributed by atoms with E-state index >= 15 is 0 Å². The Hall–Kier alpha value is -0.0700. The zero-order valence-corrected chi connectivity index (χ0v) is 10.5. The molecule has 1 aliphatic heterocycles. The van der Waals surface area contributed by atoms with E-state index in [-0.39, 0.29) is 0 Å². The van der Waals surface area contributed by atoms with Crippen LogP contribution in [0.1, 0.15) is 0 Å². The van der Waals surface area contributed by atoms with Gasteiger partial charge in [-0.15, -0.1) is 0 Å². The highest BCUT2D eigenvalue weighted by Gasteiger charge is 2.13. The molecular formula is C9H10ClIN2O. The van der Waals surface area contributed by atoms with Crippen LogP contribution in [0, 0.1) is 3.57 Å². The van der Waals surface area contributed by atoms with Crippen LogP contribution in [-0.2, 0) is 4.74 Å². The normalized spacial score (nSPS) is 17.1. The summed E-state index contributed by atoms with van der Waals surface area (Å²) in [5, 5.41) is 0.554. The summed E-state index contributed by atoms with van der Waals surface area (Å²) in [7, 11) is 0. The highest BCUT2D eigenvalue weighted by molar-refractivity contribution is 14.1. The Balaban J connectivity index is 2.21. The number of nitrogens with zero attached hydrogens (tertiary/aromatic N) is 2. The second-order valence-corrected chi connectivity index (χ2v) is 4.70. The monoisotopic (exact) mass is 324 g/mol. The third-order valence-electron chi connectivity index (χ3n) is 2.08. The lowest BCUT2D eigenvalue weighted by Crippen LogP contribution is -2.36. The van der Waals surface area contributed by atoms with E-state index in [2.05, 4.69) is 32.5 Å². The van der Waals surface area contributed by atoms with Gasteiger partial charge in [-0.2, -0.15) is 0 Å². The summed E-state index contributed by atoms with van der Waals surface area (Å²) in [5.41, 5.74) is 0.